The summed E-state index contributed by atoms with van der Waals surface area (Å²) in [6.07, 6.45) is 1.71. The number of furan rings is 1. The second-order valence-corrected chi connectivity index (χ2v) is 13.7. The molecular weight excluding hydrogens is 577 g/mol. The molecule has 1 fully saturated rings. The summed E-state index contributed by atoms with van der Waals surface area (Å²) in [5, 5.41) is 8.11. The van der Waals surface area contributed by atoms with Crippen LogP contribution in [-0.4, -0.2) is 78.0 Å². The summed E-state index contributed by atoms with van der Waals surface area (Å²) < 4.78 is 51.3. The first-order valence-electron chi connectivity index (χ1n) is 12.6. The summed E-state index contributed by atoms with van der Waals surface area (Å²) in [6, 6.07) is 5.53. The normalized spacial score (nSPS) is 15.0. The molecule has 212 valence electrons. The van der Waals surface area contributed by atoms with Gasteiger partial charge in [0.1, 0.15) is 29.4 Å². The van der Waals surface area contributed by atoms with Gasteiger partial charge in [-0.25, -0.2) is 18.4 Å². The van der Waals surface area contributed by atoms with Crippen LogP contribution in [0.15, 0.2) is 34.2 Å². The van der Waals surface area contributed by atoms with Crippen LogP contribution in [0.2, 0.25) is 0 Å². The van der Waals surface area contributed by atoms with Crippen molar-refractivity contribution in [2.45, 2.75) is 25.7 Å². The van der Waals surface area contributed by atoms with Gasteiger partial charge in [-0.15, -0.1) is 16.4 Å². The Morgan fingerprint density at radius 2 is 1.90 bits per heavy atom. The van der Waals surface area contributed by atoms with E-state index in [1.807, 2.05) is 23.6 Å². The first kappa shape index (κ1) is 26.8. The second-order valence-electron chi connectivity index (χ2n) is 9.45. The number of methoxy groups -OCH3 is 2. The van der Waals surface area contributed by atoms with Gasteiger partial charge >= 0.3 is 0 Å². The Labute approximate surface area is 238 Å². The summed E-state index contributed by atoms with van der Waals surface area (Å²) >= 11 is 2.87. The summed E-state index contributed by atoms with van der Waals surface area (Å²) in [5.74, 6) is 1.79. The second kappa shape index (κ2) is 10.5. The Morgan fingerprint density at radius 3 is 2.62 bits per heavy atom. The molecule has 12 nitrogen and oxygen atoms in total. The number of thiazole rings is 1. The minimum atomic E-state index is -3.25. The van der Waals surface area contributed by atoms with Crippen molar-refractivity contribution in [3.05, 3.63) is 35.5 Å². The molecule has 5 heterocycles. The van der Waals surface area contributed by atoms with E-state index in [2.05, 4.69) is 15.0 Å². The van der Waals surface area contributed by atoms with E-state index in [-0.39, 0.29) is 6.61 Å². The van der Waals surface area contributed by atoms with Gasteiger partial charge in [-0.2, -0.15) is 8.82 Å². The number of imidazole rings is 1. The van der Waals surface area contributed by atoms with Gasteiger partial charge in [0.15, 0.2) is 10.9 Å². The number of rotatable bonds is 9. The number of piperazine rings is 1. The van der Waals surface area contributed by atoms with Gasteiger partial charge in [-0.05, 0) is 31.3 Å². The maximum Gasteiger partial charge on any atom is 0.294 e. The lowest BCUT2D eigenvalue weighted by Crippen LogP contribution is -2.50. The number of anilines is 1. The average molecular weight is 605 g/mol. The fourth-order valence-electron chi connectivity index (χ4n) is 4.46. The Hall–Kier alpha value is -3.40. The van der Waals surface area contributed by atoms with Gasteiger partial charge in [-0.1, -0.05) is 0 Å². The lowest BCUT2D eigenvalue weighted by molar-refractivity contribution is 0.303. The van der Waals surface area contributed by atoms with Crippen molar-refractivity contribution in [1.82, 2.24) is 23.9 Å². The zero-order valence-corrected chi connectivity index (χ0v) is 24.8. The molecule has 0 bridgehead atoms. The van der Waals surface area contributed by atoms with E-state index < -0.39 is 15.3 Å². The molecule has 1 saturated heterocycles. The molecular formula is C25H28N6O6S3. The molecule has 1 aromatic carbocycles. The topological polar surface area (TPSA) is 125 Å². The number of fused-ring (bicyclic) bond motifs is 2. The maximum absolute atomic E-state index is 12.5. The number of sulfonamides is 1. The number of hydrogen-bond donors (Lipinski definition) is 0. The fraction of sp³-hybridized carbons (Fsp3) is 0.400. The molecule has 0 amide bonds. The minimum Gasteiger partial charge on any atom is -0.496 e. The monoisotopic (exact) mass is 604 g/mol. The number of hydrogen-bond acceptors (Lipinski definition) is 12. The number of nitrogens with zero attached hydrogens (tertiary/aromatic N) is 6. The van der Waals surface area contributed by atoms with E-state index in [9.17, 15) is 8.42 Å². The van der Waals surface area contributed by atoms with Crippen LogP contribution in [0, 0.1) is 0 Å². The number of ether oxygens (including phenoxy) is 3. The SMILES string of the molecule is COc1cc(OCc2csc(N3CCN(S(=O)(=O)C(C)C)CC3)n2)c2cc(-c3cnc4sc(OC)nn34)oc2c1. The highest BCUT2D eigenvalue weighted by molar-refractivity contribution is 7.89. The van der Waals surface area contributed by atoms with Crippen LogP contribution in [0.4, 0.5) is 5.13 Å². The predicted octanol–water partition coefficient (Wildman–Crippen LogP) is 4.12. The zero-order valence-electron chi connectivity index (χ0n) is 22.4. The molecule has 0 unspecified atom stereocenters. The molecule has 0 N–H and O–H groups in total. The first-order valence-corrected chi connectivity index (χ1v) is 15.8. The summed E-state index contributed by atoms with van der Waals surface area (Å²) in [5.41, 5.74) is 2.08. The van der Waals surface area contributed by atoms with Crippen molar-refractivity contribution in [3.8, 4) is 28.1 Å². The van der Waals surface area contributed by atoms with Gasteiger partial charge in [0.25, 0.3) is 5.19 Å². The van der Waals surface area contributed by atoms with E-state index in [4.69, 9.17) is 23.6 Å². The van der Waals surface area contributed by atoms with E-state index in [1.54, 1.807) is 43.1 Å². The molecule has 1 aliphatic heterocycles. The quantitative estimate of drug-likeness (QED) is 0.243. The van der Waals surface area contributed by atoms with Gasteiger partial charge in [0, 0.05) is 43.7 Å². The van der Waals surface area contributed by atoms with E-state index >= 15 is 0 Å². The summed E-state index contributed by atoms with van der Waals surface area (Å²) in [4.78, 5) is 12.0. The van der Waals surface area contributed by atoms with Crippen LogP contribution in [0.1, 0.15) is 19.5 Å². The molecule has 15 heteroatoms. The highest BCUT2D eigenvalue weighted by atomic mass is 32.2. The minimum absolute atomic E-state index is 0.251. The van der Waals surface area contributed by atoms with Crippen molar-refractivity contribution in [2.75, 3.05) is 45.3 Å². The summed E-state index contributed by atoms with van der Waals surface area (Å²) in [6.45, 7) is 5.78. The molecule has 6 rings (SSSR count). The predicted molar refractivity (Wildman–Crippen MR) is 153 cm³/mol. The highest BCUT2D eigenvalue weighted by Crippen LogP contribution is 2.38. The third-order valence-corrected chi connectivity index (χ3v) is 10.8. The largest absolute Gasteiger partial charge is 0.496 e. The van der Waals surface area contributed by atoms with Gasteiger partial charge in [-0.3, -0.25) is 0 Å². The zero-order chi connectivity index (χ0) is 28.0. The molecule has 0 saturated carbocycles. The van der Waals surface area contributed by atoms with Crippen LogP contribution in [0.5, 0.6) is 16.7 Å². The average Bonchev–Trinajstić information content (AvgIpc) is 3.74. The Kier molecular flexibility index (Phi) is 7.06. The fourth-order valence-corrected chi connectivity index (χ4v) is 7.29. The Bertz CT molecular complexity index is 1760. The molecule has 5 aromatic rings. The third kappa shape index (κ3) is 4.87. The van der Waals surface area contributed by atoms with Crippen LogP contribution in [-0.2, 0) is 16.6 Å². The number of benzene rings is 1. The standard InChI is InChI=1S/C25H28N6O6S3/c1-15(2)40(32,33)30-7-5-29(6-8-30)24-27-16(14-38-24)13-36-20-9-17(34-3)10-21-18(20)11-22(37-21)19-12-26-23-31(19)28-25(35-4)39-23/h9-12,14-15H,5-8,13H2,1-4H3. The van der Waals surface area contributed by atoms with E-state index in [0.29, 0.717) is 64.9 Å². The molecule has 0 atom stereocenters. The number of aromatic nitrogens is 4. The van der Waals surface area contributed by atoms with Crippen LogP contribution < -0.4 is 19.1 Å². The molecule has 1 aliphatic rings. The van der Waals surface area contributed by atoms with Crippen molar-refractivity contribution >= 4 is 53.8 Å². The molecule has 0 aliphatic carbocycles. The third-order valence-electron chi connectivity index (χ3n) is 6.68. The van der Waals surface area contributed by atoms with Crippen molar-refractivity contribution in [2.24, 2.45) is 0 Å². The van der Waals surface area contributed by atoms with Crippen molar-refractivity contribution in [1.29, 1.82) is 0 Å². The van der Waals surface area contributed by atoms with E-state index in [1.165, 1.54) is 22.7 Å². The van der Waals surface area contributed by atoms with Crippen LogP contribution in [0.25, 0.3) is 27.4 Å². The maximum atomic E-state index is 12.5. The highest BCUT2D eigenvalue weighted by Gasteiger charge is 2.30. The molecule has 4 aromatic heterocycles. The van der Waals surface area contributed by atoms with Gasteiger partial charge in [0.05, 0.1) is 36.7 Å². The van der Waals surface area contributed by atoms with Crippen molar-refractivity contribution in [3.63, 3.8) is 0 Å². The van der Waals surface area contributed by atoms with Crippen molar-refractivity contribution < 1.29 is 27.0 Å². The van der Waals surface area contributed by atoms with Crippen LogP contribution >= 0.6 is 22.7 Å². The molecule has 40 heavy (non-hydrogen) atoms. The Morgan fingerprint density at radius 1 is 1.10 bits per heavy atom. The lowest BCUT2D eigenvalue weighted by Gasteiger charge is -2.34. The van der Waals surface area contributed by atoms with E-state index in [0.717, 1.165) is 16.2 Å². The molecule has 0 spiro atoms. The lowest BCUT2D eigenvalue weighted by atomic mass is 10.2. The van der Waals surface area contributed by atoms with Gasteiger partial charge < -0.3 is 23.5 Å². The molecule has 0 radical (unpaired) electrons. The van der Waals surface area contributed by atoms with Crippen LogP contribution in [0.3, 0.4) is 0 Å². The Balaban J connectivity index is 1.19. The first-order chi connectivity index (χ1) is 19.3. The van der Waals surface area contributed by atoms with Gasteiger partial charge in [0.2, 0.25) is 15.0 Å². The smallest absolute Gasteiger partial charge is 0.294 e. The summed E-state index contributed by atoms with van der Waals surface area (Å²) in [7, 11) is -0.0857.